The summed E-state index contributed by atoms with van der Waals surface area (Å²) in [6.07, 6.45) is 8.45. The smallest absolute Gasteiger partial charge is 0.223 e. The monoisotopic (exact) mass is 1540 g/mol. The van der Waals surface area contributed by atoms with E-state index in [2.05, 4.69) is 251 Å². The van der Waals surface area contributed by atoms with Gasteiger partial charge in [0.05, 0.1) is 0 Å². The average Bonchev–Trinajstić information content (AvgIpc) is 1.16. The van der Waals surface area contributed by atoms with Crippen LogP contribution < -0.4 is 26.6 Å². The molecule has 2 saturated heterocycles. The second kappa shape index (κ2) is 57.9. The van der Waals surface area contributed by atoms with Crippen LogP contribution in [0.1, 0.15) is 127 Å². The van der Waals surface area contributed by atoms with Crippen molar-refractivity contribution in [1.29, 1.82) is 0 Å². The van der Waals surface area contributed by atoms with Crippen LogP contribution in [-0.2, 0) is 14.4 Å². The van der Waals surface area contributed by atoms with Crippen LogP contribution in [0, 0.1) is 0 Å². The Morgan fingerprint density at radius 1 is 0.324 bits per heavy atom. The van der Waals surface area contributed by atoms with Crippen molar-refractivity contribution in [2.45, 2.75) is 212 Å². The van der Waals surface area contributed by atoms with Crippen molar-refractivity contribution in [2.24, 2.45) is 0 Å². The molecule has 5 aromatic rings. The minimum absolute atomic E-state index is 0.173. The molecular weight excluding hydrogens is 1400 g/mol. The molecule has 3 amide bonds. The van der Waals surface area contributed by atoms with Gasteiger partial charge in [-0.1, -0.05) is 160 Å². The molecule has 5 aromatic carbocycles. The predicted octanol–water partition coefficient (Wildman–Crippen LogP) is 15.0. The average molecular weight is 1540 g/mol. The maximum absolute atomic E-state index is 11.8. The summed E-state index contributed by atoms with van der Waals surface area (Å²) in [6.45, 7) is 34.1. The molecule has 20 heteroatoms. The van der Waals surface area contributed by atoms with E-state index >= 15 is 0 Å². The number of benzene rings is 5. The lowest BCUT2D eigenvalue weighted by molar-refractivity contribution is -0.129. The van der Waals surface area contributed by atoms with Crippen molar-refractivity contribution >= 4 is 76.5 Å². The highest BCUT2D eigenvalue weighted by Gasteiger charge is 2.21. The largest absolute Gasteiger partial charge is 0.349 e. The number of nitrogens with zero attached hydrogens (tertiary/aromatic N) is 7. The van der Waals surface area contributed by atoms with Gasteiger partial charge in [-0.15, -0.1) is 58.8 Å². The first kappa shape index (κ1) is 95.1. The van der Waals surface area contributed by atoms with E-state index < -0.39 is 0 Å². The molecule has 0 spiro atoms. The number of rotatable bonds is 41. The Labute approximate surface area is 661 Å². The molecule has 2 heterocycles. The van der Waals surface area contributed by atoms with Gasteiger partial charge in [-0.3, -0.25) is 14.4 Å². The number of nitrogens with one attached hydrogen (secondary N) is 5. The summed E-state index contributed by atoms with van der Waals surface area (Å²) in [6, 6.07) is 57.3. The van der Waals surface area contributed by atoms with Crippen LogP contribution in [0.15, 0.2) is 176 Å². The Hall–Kier alpha value is -4.10. The van der Waals surface area contributed by atoms with Crippen molar-refractivity contribution in [1.82, 2.24) is 60.9 Å². The lowest BCUT2D eigenvalue weighted by Crippen LogP contribution is -2.46. The highest BCUT2D eigenvalue weighted by molar-refractivity contribution is 8.00. The molecule has 2 fully saturated rings. The molecule has 7 rings (SSSR count). The number of carbonyl (C=O) groups excluding carboxylic acids is 3. The third-order valence-corrected chi connectivity index (χ3v) is 23.3. The number of hydrogen-bond acceptors (Lipinski definition) is 17. The van der Waals surface area contributed by atoms with Crippen molar-refractivity contribution < 1.29 is 14.4 Å². The minimum atomic E-state index is 0.173. The summed E-state index contributed by atoms with van der Waals surface area (Å²) < 4.78 is 0. The molecular formula is C85H142N12O3S5. The fourth-order valence-corrected chi connectivity index (χ4v) is 16.6. The maximum Gasteiger partial charge on any atom is 0.223 e. The molecule has 15 nitrogen and oxygen atoms in total. The van der Waals surface area contributed by atoms with Crippen LogP contribution in [0.3, 0.4) is 0 Å². The summed E-state index contributed by atoms with van der Waals surface area (Å²) in [5.41, 5.74) is 0. The Kier molecular flexibility index (Phi) is 52.4. The van der Waals surface area contributed by atoms with Gasteiger partial charge in [-0.05, 0) is 126 Å². The molecule has 0 radical (unpaired) electrons. The highest BCUT2D eigenvalue weighted by Crippen LogP contribution is 2.25. The third kappa shape index (κ3) is 49.6. The Morgan fingerprint density at radius 2 is 0.581 bits per heavy atom. The standard InChI is InChI=1S/C19H33N3S.C18H31N3S.C17H28N2OS.C16H26N2OS.C15H24N2OS/c1-17(2)20-18(16-23-19-9-5-4-6-10-19)8-7-11-22-14-12-21(3)13-15-22;1-16(2)19-17(15-22-18-7-5-4-6-8-18)9-10-21-13-11-20(3)12-14-21;1-14(2)18-15(9-8-12-17(20)19(3)4)13-21-16-10-6-5-7-11-16;1-13(2)17-14(10-11-16(19)18(3)4)12-20-15-8-6-5-7-9-15;1-12(2)16-13(10-15(18)17(3)4)11-19-14-8-6-5-7-9-14/h4-6,9-10,17-18,20H,7-8,11-16H2,1-3H3;4-8,16-17,19H,9-15H2,1-3H3;5-7,10-11,14-15,18H,8-9,12-13H2,1-4H3;5-9,13-14,17H,10-12H2,1-4H3;5-9,12-13,16H,10-11H2,1-4H3/t18-;17-;15-;14-;13-/m11111/s1. The van der Waals surface area contributed by atoms with Crippen LogP contribution in [0.5, 0.6) is 0 Å². The third-order valence-electron chi connectivity index (χ3n) is 17.4. The summed E-state index contributed by atoms with van der Waals surface area (Å²) in [4.78, 5) is 56.8. The van der Waals surface area contributed by atoms with E-state index in [1.807, 2.05) is 106 Å². The normalized spacial score (nSPS) is 15.1. The predicted molar refractivity (Wildman–Crippen MR) is 462 cm³/mol. The van der Waals surface area contributed by atoms with E-state index in [-0.39, 0.29) is 23.8 Å². The van der Waals surface area contributed by atoms with Gasteiger partial charge in [0.15, 0.2) is 0 Å². The molecule has 2 aliphatic heterocycles. The first-order valence-corrected chi connectivity index (χ1v) is 43.8. The van der Waals surface area contributed by atoms with Crippen LogP contribution >= 0.6 is 58.8 Å². The molecule has 0 saturated carbocycles. The SMILES string of the molecule is CC(C)N[C@@H](CSc1ccccc1)CC(=O)N(C)C.CC(C)N[C@H](CCC(=O)N(C)C)CSc1ccccc1.CC(C)N[C@H](CCCC(=O)N(C)C)CSc1ccccc1.CC(C)N[C@H](CCCN1CCN(C)CC1)CSc1ccccc1.CC(C)N[C@H](CCN1CCN(C)CC1)CSc1ccccc1. The van der Waals surface area contributed by atoms with Gasteiger partial charge < -0.3 is 60.9 Å². The summed E-state index contributed by atoms with van der Waals surface area (Å²) in [5.74, 6) is 5.83. The number of thioether (sulfide) groups is 5. The van der Waals surface area contributed by atoms with Crippen LogP contribution in [0.4, 0.5) is 0 Å². The fraction of sp³-hybridized carbons (Fsp3) is 0.612. The number of carbonyl (C=O) groups is 3. The number of amides is 3. The van der Waals surface area contributed by atoms with Crippen LogP contribution in [-0.4, -0.2) is 263 Å². The number of likely N-dealkylation sites (N-methyl/N-ethyl adjacent to an activating group) is 2. The summed E-state index contributed by atoms with van der Waals surface area (Å²) in [5, 5.41) is 18.1. The number of piperazine rings is 2. The molecule has 105 heavy (non-hydrogen) atoms. The Balaban J connectivity index is 0.000000341. The van der Waals surface area contributed by atoms with E-state index in [1.165, 1.54) is 109 Å². The van der Waals surface area contributed by atoms with Gasteiger partial charge >= 0.3 is 0 Å². The Bertz CT molecular complexity index is 2910. The van der Waals surface area contributed by atoms with Gasteiger partial charge in [-0.2, -0.15) is 0 Å². The quantitative estimate of drug-likeness (QED) is 0.0237. The second-order valence-corrected chi connectivity index (χ2v) is 35.4. The van der Waals surface area contributed by atoms with E-state index in [0.717, 1.165) is 48.0 Å². The lowest BCUT2D eigenvalue weighted by Gasteiger charge is -2.33. The van der Waals surface area contributed by atoms with Crippen LogP contribution in [0.25, 0.3) is 0 Å². The van der Waals surface area contributed by atoms with Crippen molar-refractivity contribution in [3.63, 3.8) is 0 Å². The van der Waals surface area contributed by atoms with Gasteiger partial charge in [0.1, 0.15) is 0 Å². The molecule has 5 N–H and O–H groups in total. The van der Waals surface area contributed by atoms with E-state index in [4.69, 9.17) is 0 Å². The first-order valence-electron chi connectivity index (χ1n) is 38.8. The molecule has 0 bridgehead atoms. The molecule has 590 valence electrons. The maximum atomic E-state index is 11.8. The Morgan fingerprint density at radius 3 is 0.886 bits per heavy atom. The van der Waals surface area contributed by atoms with Gasteiger partial charge in [0.25, 0.3) is 0 Å². The molecule has 0 aromatic heterocycles. The van der Waals surface area contributed by atoms with E-state index in [1.54, 1.807) is 40.6 Å². The zero-order valence-electron chi connectivity index (χ0n) is 68.1. The zero-order chi connectivity index (χ0) is 77.2. The van der Waals surface area contributed by atoms with E-state index in [0.29, 0.717) is 73.6 Å². The van der Waals surface area contributed by atoms with Crippen molar-refractivity contribution in [3.05, 3.63) is 152 Å². The van der Waals surface area contributed by atoms with Crippen molar-refractivity contribution in [3.8, 4) is 0 Å². The van der Waals surface area contributed by atoms with Crippen molar-refractivity contribution in [2.75, 3.05) is 151 Å². The lowest BCUT2D eigenvalue weighted by atomic mass is 10.1. The van der Waals surface area contributed by atoms with Gasteiger partial charge in [0, 0.05) is 228 Å². The highest BCUT2D eigenvalue weighted by atomic mass is 32.2. The molecule has 0 unspecified atom stereocenters. The van der Waals surface area contributed by atoms with E-state index in [9.17, 15) is 14.4 Å². The molecule has 5 atom stereocenters. The summed E-state index contributed by atoms with van der Waals surface area (Å²) >= 11 is 9.45. The topological polar surface area (TPSA) is 134 Å². The fourth-order valence-electron chi connectivity index (χ4n) is 11.6. The first-order chi connectivity index (χ1) is 50.2. The van der Waals surface area contributed by atoms with Crippen LogP contribution in [0.2, 0.25) is 0 Å². The second-order valence-electron chi connectivity index (χ2n) is 29.9. The number of hydrogen-bond donors (Lipinski definition) is 5. The van der Waals surface area contributed by atoms with Gasteiger partial charge in [0.2, 0.25) is 17.7 Å². The van der Waals surface area contributed by atoms with Gasteiger partial charge in [-0.25, -0.2) is 0 Å². The molecule has 2 aliphatic rings. The molecule has 0 aliphatic carbocycles. The summed E-state index contributed by atoms with van der Waals surface area (Å²) in [7, 11) is 15.3. The minimum Gasteiger partial charge on any atom is -0.349 e. The zero-order valence-corrected chi connectivity index (χ0v) is 72.2.